The summed E-state index contributed by atoms with van der Waals surface area (Å²) in [6.07, 6.45) is 3.80. The van der Waals surface area contributed by atoms with E-state index in [0.717, 1.165) is 44.5 Å². The number of carbonyl (C=O) groups excluding carboxylic acids is 1. The van der Waals surface area contributed by atoms with E-state index in [1.54, 1.807) is 0 Å². The topological polar surface area (TPSA) is 42.0 Å². The van der Waals surface area contributed by atoms with Crippen LogP contribution in [0.5, 0.6) is 0 Å². The summed E-state index contributed by atoms with van der Waals surface area (Å²) in [5, 5.41) is 0. The molecule has 1 amide bonds. The van der Waals surface area contributed by atoms with Crippen molar-refractivity contribution in [3.63, 3.8) is 0 Å². The number of hydrogen-bond acceptors (Lipinski definition) is 4. The predicted octanol–water partition coefficient (Wildman–Crippen LogP) is 2.19. The number of amides is 1. The van der Waals surface area contributed by atoms with Gasteiger partial charge < -0.3 is 14.4 Å². The van der Waals surface area contributed by atoms with Gasteiger partial charge in [-0.2, -0.15) is 0 Å². The van der Waals surface area contributed by atoms with Gasteiger partial charge >= 0.3 is 0 Å². The van der Waals surface area contributed by atoms with Crippen molar-refractivity contribution in [2.45, 2.75) is 44.4 Å². The van der Waals surface area contributed by atoms with Crippen LogP contribution in [-0.2, 0) is 20.7 Å². The quantitative estimate of drug-likeness (QED) is 0.834. The van der Waals surface area contributed by atoms with Gasteiger partial charge in [-0.1, -0.05) is 18.2 Å². The van der Waals surface area contributed by atoms with Crippen LogP contribution in [0, 0.1) is 0 Å². The van der Waals surface area contributed by atoms with Crippen molar-refractivity contribution in [2.24, 2.45) is 0 Å². The smallest absolute Gasteiger partial charge is 0.241 e. The second kappa shape index (κ2) is 6.47. The van der Waals surface area contributed by atoms with Crippen molar-refractivity contribution >= 4 is 11.6 Å². The van der Waals surface area contributed by atoms with Crippen molar-refractivity contribution in [3.05, 3.63) is 29.8 Å². The molecular weight excluding hydrogens is 304 g/mol. The van der Waals surface area contributed by atoms with Crippen LogP contribution >= 0.6 is 0 Å². The number of aryl methyl sites for hydroxylation is 1. The third-order valence-electron chi connectivity index (χ3n) is 5.58. The van der Waals surface area contributed by atoms with Gasteiger partial charge in [-0.15, -0.1) is 0 Å². The van der Waals surface area contributed by atoms with Gasteiger partial charge in [0.25, 0.3) is 0 Å². The van der Waals surface area contributed by atoms with Gasteiger partial charge in [0.15, 0.2) is 5.79 Å². The average molecular weight is 330 g/mol. The molecule has 1 spiro atoms. The molecule has 0 aromatic heterocycles. The highest BCUT2D eigenvalue weighted by Gasteiger charge is 2.40. The first-order chi connectivity index (χ1) is 11.7. The Morgan fingerprint density at radius 2 is 1.92 bits per heavy atom. The van der Waals surface area contributed by atoms with Crippen LogP contribution in [0.3, 0.4) is 0 Å². The number of carbonyl (C=O) groups is 1. The Bertz CT molecular complexity index is 602. The number of fused-ring (bicyclic) bond motifs is 1. The summed E-state index contributed by atoms with van der Waals surface area (Å²) in [5.41, 5.74) is 2.38. The molecule has 1 aromatic carbocycles. The summed E-state index contributed by atoms with van der Waals surface area (Å²) >= 11 is 0. The second-order valence-electron chi connectivity index (χ2n) is 7.16. The molecule has 1 atom stereocenters. The number of likely N-dealkylation sites (tertiary alicyclic amines) is 1. The Morgan fingerprint density at radius 1 is 1.21 bits per heavy atom. The van der Waals surface area contributed by atoms with Crippen LogP contribution in [0.1, 0.15) is 31.7 Å². The van der Waals surface area contributed by atoms with Gasteiger partial charge in [-0.3, -0.25) is 9.69 Å². The lowest BCUT2D eigenvalue weighted by Crippen LogP contribution is -2.51. The normalized spacial score (nSPS) is 26.5. The highest BCUT2D eigenvalue weighted by molar-refractivity contribution is 5.96. The number of piperidine rings is 1. The molecular formula is C19H26N2O3. The molecule has 4 rings (SSSR count). The first-order valence-electron chi connectivity index (χ1n) is 9.07. The van der Waals surface area contributed by atoms with Crippen LogP contribution in [0.2, 0.25) is 0 Å². The molecule has 0 saturated carbocycles. The Morgan fingerprint density at radius 3 is 2.67 bits per heavy atom. The number of nitrogens with zero attached hydrogens (tertiary/aromatic N) is 2. The Balaban J connectivity index is 1.41. The fourth-order valence-corrected chi connectivity index (χ4v) is 4.17. The van der Waals surface area contributed by atoms with Gasteiger partial charge in [0.1, 0.15) is 0 Å². The lowest BCUT2D eigenvalue weighted by Gasteiger charge is -2.40. The second-order valence-corrected chi connectivity index (χ2v) is 7.16. The molecule has 0 aliphatic carbocycles. The van der Waals surface area contributed by atoms with Gasteiger partial charge in [0.2, 0.25) is 5.91 Å². The Hall–Kier alpha value is -1.43. The summed E-state index contributed by atoms with van der Waals surface area (Å²) in [7, 11) is 0. The molecule has 5 nitrogen and oxygen atoms in total. The molecule has 5 heteroatoms. The summed E-state index contributed by atoms with van der Waals surface area (Å²) in [6, 6.07) is 8.57. The van der Waals surface area contributed by atoms with Crippen LogP contribution in [-0.4, -0.2) is 55.5 Å². The molecule has 3 heterocycles. The number of anilines is 1. The molecule has 0 N–H and O–H groups in total. The van der Waals surface area contributed by atoms with Crippen LogP contribution in [0.4, 0.5) is 5.69 Å². The van der Waals surface area contributed by atoms with Crippen molar-refractivity contribution in [1.82, 2.24) is 4.90 Å². The minimum atomic E-state index is -0.370. The minimum Gasteiger partial charge on any atom is -0.347 e. The third-order valence-corrected chi connectivity index (χ3v) is 5.58. The van der Waals surface area contributed by atoms with Crippen molar-refractivity contribution in [2.75, 3.05) is 37.7 Å². The van der Waals surface area contributed by atoms with Crippen LogP contribution in [0.25, 0.3) is 0 Å². The Kier molecular flexibility index (Phi) is 4.33. The van der Waals surface area contributed by atoms with E-state index in [1.807, 2.05) is 11.0 Å². The predicted molar refractivity (Wildman–Crippen MR) is 92.0 cm³/mol. The van der Waals surface area contributed by atoms with Gasteiger partial charge in [0.05, 0.1) is 19.8 Å². The van der Waals surface area contributed by atoms with E-state index in [-0.39, 0.29) is 17.7 Å². The molecule has 3 aliphatic heterocycles. The molecule has 2 saturated heterocycles. The number of ether oxygens (including phenoxy) is 2. The van der Waals surface area contributed by atoms with Gasteiger partial charge in [-0.05, 0) is 31.4 Å². The molecule has 2 fully saturated rings. The maximum atomic E-state index is 13.0. The fourth-order valence-electron chi connectivity index (χ4n) is 4.17. The van der Waals surface area contributed by atoms with E-state index >= 15 is 0 Å². The third kappa shape index (κ3) is 2.96. The van der Waals surface area contributed by atoms with E-state index < -0.39 is 0 Å². The minimum absolute atomic E-state index is 0.207. The number of hydrogen-bond donors (Lipinski definition) is 0. The molecule has 0 radical (unpaired) electrons. The largest absolute Gasteiger partial charge is 0.347 e. The van der Waals surface area contributed by atoms with Crippen molar-refractivity contribution in [3.8, 4) is 0 Å². The van der Waals surface area contributed by atoms with E-state index in [0.29, 0.717) is 19.8 Å². The zero-order chi connectivity index (χ0) is 16.6. The van der Waals surface area contributed by atoms with E-state index in [1.165, 1.54) is 5.56 Å². The van der Waals surface area contributed by atoms with E-state index in [9.17, 15) is 4.79 Å². The summed E-state index contributed by atoms with van der Waals surface area (Å²) < 4.78 is 11.5. The number of para-hydroxylation sites is 1. The standard InChI is InChI=1S/C19H26N2O3/c1-15-6-7-16-4-2-3-5-17(16)21(15)18(22)14-20-10-8-19(9-11-20)23-12-13-24-19/h2-5,15H,6-14H2,1H3/t15-/m0/s1. The lowest BCUT2D eigenvalue weighted by atomic mass is 9.96. The van der Waals surface area contributed by atoms with E-state index in [2.05, 4.69) is 30.0 Å². The maximum Gasteiger partial charge on any atom is 0.241 e. The first kappa shape index (κ1) is 16.1. The van der Waals surface area contributed by atoms with Gasteiger partial charge in [0, 0.05) is 37.7 Å². The monoisotopic (exact) mass is 330 g/mol. The summed E-state index contributed by atoms with van der Waals surface area (Å²) in [6.45, 7) is 5.74. The molecule has 130 valence electrons. The van der Waals surface area contributed by atoms with Gasteiger partial charge in [-0.25, -0.2) is 0 Å². The average Bonchev–Trinajstić information content (AvgIpc) is 3.05. The molecule has 0 unspecified atom stereocenters. The maximum absolute atomic E-state index is 13.0. The van der Waals surface area contributed by atoms with Crippen LogP contribution < -0.4 is 4.90 Å². The summed E-state index contributed by atoms with van der Waals surface area (Å²) in [5.74, 6) is -0.163. The summed E-state index contributed by atoms with van der Waals surface area (Å²) in [4.78, 5) is 17.2. The van der Waals surface area contributed by atoms with E-state index in [4.69, 9.17) is 9.47 Å². The number of rotatable bonds is 2. The zero-order valence-electron chi connectivity index (χ0n) is 14.4. The number of benzene rings is 1. The highest BCUT2D eigenvalue weighted by Crippen LogP contribution is 2.33. The van der Waals surface area contributed by atoms with Crippen molar-refractivity contribution in [1.29, 1.82) is 0 Å². The van der Waals surface area contributed by atoms with Crippen LogP contribution in [0.15, 0.2) is 24.3 Å². The molecule has 1 aromatic rings. The molecule has 24 heavy (non-hydrogen) atoms. The SMILES string of the molecule is C[C@H]1CCc2ccccc2N1C(=O)CN1CCC2(CC1)OCCO2. The molecule has 0 bridgehead atoms. The lowest BCUT2D eigenvalue weighted by molar-refractivity contribution is -0.185. The first-order valence-corrected chi connectivity index (χ1v) is 9.07. The zero-order valence-corrected chi connectivity index (χ0v) is 14.4. The van der Waals surface area contributed by atoms with Crippen molar-refractivity contribution < 1.29 is 14.3 Å². The fraction of sp³-hybridized carbons (Fsp3) is 0.632. The Labute approximate surface area is 143 Å². The highest BCUT2D eigenvalue weighted by atomic mass is 16.7. The molecule has 3 aliphatic rings.